The van der Waals surface area contributed by atoms with Crippen molar-refractivity contribution in [3.63, 3.8) is 0 Å². The molecule has 0 unspecified atom stereocenters. The Morgan fingerprint density at radius 3 is 1.32 bits per heavy atom. The molecule has 0 amide bonds. The van der Waals surface area contributed by atoms with E-state index in [0.29, 0.717) is 0 Å². The molecule has 0 saturated heterocycles. The minimum absolute atomic E-state index is 0.527. The van der Waals surface area contributed by atoms with Crippen molar-refractivity contribution in [1.29, 1.82) is 0 Å². The van der Waals surface area contributed by atoms with E-state index in [9.17, 15) is 0 Å². The van der Waals surface area contributed by atoms with E-state index < -0.39 is 5.41 Å². The summed E-state index contributed by atoms with van der Waals surface area (Å²) in [5, 5.41) is 15.0. The molecule has 2 aliphatic carbocycles. The summed E-state index contributed by atoms with van der Waals surface area (Å²) in [4.78, 5) is 2.56. The van der Waals surface area contributed by atoms with Crippen molar-refractivity contribution in [2.75, 3.05) is 4.90 Å². The Bertz CT molecular complexity index is 4590. The summed E-state index contributed by atoms with van der Waals surface area (Å²) in [6, 6.07) is 103. The van der Waals surface area contributed by atoms with Gasteiger partial charge in [-0.05, 0) is 168 Å². The van der Waals surface area contributed by atoms with Crippen LogP contribution in [0.1, 0.15) is 22.3 Å². The molecule has 0 fully saturated rings. The summed E-state index contributed by atoms with van der Waals surface area (Å²) in [5.74, 6) is 0. The Labute approximate surface area is 429 Å². The van der Waals surface area contributed by atoms with E-state index in [-0.39, 0.29) is 0 Å². The van der Waals surface area contributed by atoms with Gasteiger partial charge in [0.05, 0.1) is 11.1 Å². The highest BCUT2D eigenvalue weighted by Crippen LogP contribution is 2.64. The summed E-state index contributed by atoms with van der Waals surface area (Å²) >= 11 is 0. The zero-order chi connectivity index (χ0) is 48.5. The quantitative estimate of drug-likeness (QED) is 0.155. The topological polar surface area (TPSA) is 3.24 Å². The van der Waals surface area contributed by atoms with Gasteiger partial charge < -0.3 is 4.90 Å². The monoisotopic (exact) mass is 935 g/mol. The summed E-state index contributed by atoms with van der Waals surface area (Å²) in [6.07, 6.45) is 0. The third-order valence-electron chi connectivity index (χ3n) is 16.6. The maximum atomic E-state index is 2.58. The SMILES string of the molecule is c1ccc2c(c1)-c1ccccc1C21c2ccccc2-c2cc(-c3cccc4ccccc34)c(N(c3ccc(-c4ccc5c(ccc6ccccc65)c4)cc3)c3ccc4c5ccccc5c5ccccc5c4c3)cc21. The maximum absolute atomic E-state index is 2.58. The van der Waals surface area contributed by atoms with E-state index >= 15 is 0 Å². The van der Waals surface area contributed by atoms with E-state index in [1.54, 1.807) is 0 Å². The van der Waals surface area contributed by atoms with Crippen molar-refractivity contribution in [1.82, 2.24) is 0 Å². The number of benzene rings is 14. The van der Waals surface area contributed by atoms with Crippen molar-refractivity contribution in [2.24, 2.45) is 0 Å². The number of anilines is 3. The van der Waals surface area contributed by atoms with Crippen molar-refractivity contribution >= 4 is 81.7 Å². The highest BCUT2D eigenvalue weighted by Gasteiger charge is 2.52. The maximum Gasteiger partial charge on any atom is 0.0726 e. The van der Waals surface area contributed by atoms with Crippen LogP contribution in [0.3, 0.4) is 0 Å². The number of hydrogen-bond acceptors (Lipinski definition) is 1. The van der Waals surface area contributed by atoms with Gasteiger partial charge in [-0.25, -0.2) is 0 Å². The average molecular weight is 936 g/mol. The van der Waals surface area contributed by atoms with Gasteiger partial charge in [0, 0.05) is 16.9 Å². The largest absolute Gasteiger partial charge is 0.310 e. The van der Waals surface area contributed by atoms with Gasteiger partial charge in [0.1, 0.15) is 0 Å². The normalized spacial score (nSPS) is 13.0. The molecule has 0 bridgehead atoms. The van der Waals surface area contributed by atoms with Gasteiger partial charge >= 0.3 is 0 Å². The van der Waals surface area contributed by atoms with Gasteiger partial charge in [-0.2, -0.15) is 0 Å². The molecule has 74 heavy (non-hydrogen) atoms. The molecule has 0 radical (unpaired) electrons. The van der Waals surface area contributed by atoms with Gasteiger partial charge in [0.15, 0.2) is 0 Å². The Morgan fingerprint density at radius 1 is 0.216 bits per heavy atom. The van der Waals surface area contributed by atoms with Crippen LogP contribution in [-0.2, 0) is 5.41 Å². The Kier molecular flexibility index (Phi) is 8.73. The van der Waals surface area contributed by atoms with Gasteiger partial charge in [-0.3, -0.25) is 0 Å². The number of hydrogen-bond donors (Lipinski definition) is 0. The third-order valence-corrected chi connectivity index (χ3v) is 16.6. The summed E-state index contributed by atoms with van der Waals surface area (Å²) in [5.41, 5.74) is 18.0. The molecular formula is C73H45N. The molecule has 0 heterocycles. The van der Waals surface area contributed by atoms with Crippen LogP contribution in [0.25, 0.3) is 109 Å². The lowest BCUT2D eigenvalue weighted by Crippen LogP contribution is -2.26. The first-order valence-electron chi connectivity index (χ1n) is 25.8. The van der Waals surface area contributed by atoms with Crippen LogP contribution >= 0.6 is 0 Å². The van der Waals surface area contributed by atoms with Gasteiger partial charge in [0.25, 0.3) is 0 Å². The second-order valence-electron chi connectivity index (χ2n) is 20.3. The van der Waals surface area contributed by atoms with E-state index in [2.05, 4.69) is 278 Å². The van der Waals surface area contributed by atoms with E-state index in [0.717, 1.165) is 17.1 Å². The fourth-order valence-electron chi connectivity index (χ4n) is 13.4. The van der Waals surface area contributed by atoms with Crippen molar-refractivity contribution < 1.29 is 0 Å². The molecule has 0 aromatic heterocycles. The van der Waals surface area contributed by atoms with Crippen molar-refractivity contribution in [3.05, 3.63) is 295 Å². The lowest BCUT2D eigenvalue weighted by atomic mass is 9.70. The van der Waals surface area contributed by atoms with Crippen LogP contribution in [0.2, 0.25) is 0 Å². The molecule has 1 spiro atoms. The molecule has 342 valence electrons. The predicted molar refractivity (Wildman–Crippen MR) is 313 cm³/mol. The van der Waals surface area contributed by atoms with Crippen LogP contribution in [0.4, 0.5) is 17.1 Å². The lowest BCUT2D eigenvalue weighted by molar-refractivity contribution is 0.794. The molecule has 2 aliphatic rings. The Balaban J connectivity index is 0.999. The second-order valence-corrected chi connectivity index (χ2v) is 20.3. The number of nitrogens with zero attached hydrogens (tertiary/aromatic N) is 1. The number of rotatable bonds is 5. The second kappa shape index (κ2) is 15.7. The molecule has 14 aromatic rings. The number of fused-ring (bicyclic) bond motifs is 20. The van der Waals surface area contributed by atoms with Crippen molar-refractivity contribution in [3.8, 4) is 44.5 Å². The first-order valence-corrected chi connectivity index (χ1v) is 25.8. The molecule has 0 saturated carbocycles. The minimum Gasteiger partial charge on any atom is -0.310 e. The van der Waals surface area contributed by atoms with Crippen molar-refractivity contribution in [2.45, 2.75) is 5.41 Å². The average Bonchev–Trinajstić information content (AvgIpc) is 4.06. The van der Waals surface area contributed by atoms with Crippen LogP contribution in [0, 0.1) is 0 Å². The van der Waals surface area contributed by atoms with Gasteiger partial charge in [-0.15, -0.1) is 0 Å². The zero-order valence-corrected chi connectivity index (χ0v) is 40.4. The molecule has 0 atom stereocenters. The van der Waals surface area contributed by atoms with Crippen LogP contribution in [0.5, 0.6) is 0 Å². The van der Waals surface area contributed by atoms with Gasteiger partial charge in [0.2, 0.25) is 0 Å². The third kappa shape index (κ3) is 5.75. The fraction of sp³-hybridized carbons (Fsp3) is 0.0137. The van der Waals surface area contributed by atoms with E-state index in [1.165, 1.54) is 131 Å². The lowest BCUT2D eigenvalue weighted by Gasteiger charge is -2.33. The zero-order valence-electron chi connectivity index (χ0n) is 40.4. The minimum atomic E-state index is -0.527. The molecule has 14 aromatic carbocycles. The van der Waals surface area contributed by atoms with E-state index in [4.69, 9.17) is 0 Å². The smallest absolute Gasteiger partial charge is 0.0726 e. The van der Waals surface area contributed by atoms with Gasteiger partial charge in [-0.1, -0.05) is 231 Å². The summed E-state index contributed by atoms with van der Waals surface area (Å²) in [6.45, 7) is 0. The van der Waals surface area contributed by atoms with E-state index in [1.807, 2.05) is 0 Å². The van der Waals surface area contributed by atoms with Crippen LogP contribution < -0.4 is 4.90 Å². The Hall–Kier alpha value is -9.56. The highest BCUT2D eigenvalue weighted by molar-refractivity contribution is 6.26. The molecule has 1 nitrogen and oxygen atoms in total. The van der Waals surface area contributed by atoms with Crippen LogP contribution in [0.15, 0.2) is 273 Å². The summed E-state index contributed by atoms with van der Waals surface area (Å²) < 4.78 is 0. The molecule has 0 N–H and O–H groups in total. The first-order chi connectivity index (χ1) is 36.7. The standard InChI is InChI=1S/C73H45N/c1-4-20-54-47(16-1)18-15-28-56(54)67-44-66-64-27-11-14-31-70(64)73(68-29-12-9-25-62(68)63-26-10-13-30-69(63)73)71(66)45-72(67)74(52-39-41-61-59-23-6-5-21-57(59)58-22-7-8-24-60(58)65(61)43-52)51-37-34-46(35-38-51)49-36-40-55-50(42-49)33-32-48-17-2-3-19-53(48)55/h1-45H. The Morgan fingerprint density at radius 2 is 0.662 bits per heavy atom. The molecule has 0 aliphatic heterocycles. The molecular weight excluding hydrogens is 891 g/mol. The van der Waals surface area contributed by atoms with Crippen LogP contribution in [-0.4, -0.2) is 0 Å². The first kappa shape index (κ1) is 41.1. The molecule has 1 heteroatoms. The predicted octanol–water partition coefficient (Wildman–Crippen LogP) is 19.8. The molecule has 16 rings (SSSR count). The highest BCUT2D eigenvalue weighted by atomic mass is 15.1. The fourth-order valence-corrected chi connectivity index (χ4v) is 13.4. The summed E-state index contributed by atoms with van der Waals surface area (Å²) in [7, 11) is 0.